The average Bonchev–Trinajstić information content (AvgIpc) is 3.26. The molecule has 3 N–H and O–H groups in total. The number of nitrogens with two attached hydrogens (primary N) is 1. The number of pyridine rings is 2. The zero-order valence-electron chi connectivity index (χ0n) is 23.2. The molecule has 0 unspecified atom stereocenters. The highest BCUT2D eigenvalue weighted by atomic mass is 31.2. The third kappa shape index (κ3) is 6.95. The van der Waals surface area contributed by atoms with Crippen LogP contribution in [0, 0.1) is 0 Å². The fourth-order valence-corrected chi connectivity index (χ4v) is 5.79. The Bertz CT molecular complexity index is 1510. The summed E-state index contributed by atoms with van der Waals surface area (Å²) < 4.78 is 38.6. The van der Waals surface area contributed by atoms with Crippen molar-refractivity contribution < 1.29 is 27.9 Å². The SMILES string of the molecule is CCOCc1nc2c(N)nc3ccccc3c2n1C[C@H](C)O[P@@](=O)(N[C@@H](C)C(=O)OC(C)C)Oc1ccccn1. The van der Waals surface area contributed by atoms with Crippen LogP contribution in [0.15, 0.2) is 48.7 Å². The zero-order chi connectivity index (χ0) is 28.9. The first-order valence-electron chi connectivity index (χ1n) is 13.1. The molecule has 4 rings (SSSR count). The Kier molecular flexibility index (Phi) is 9.36. The first kappa shape index (κ1) is 29.4. The number of ether oxygens (including phenoxy) is 2. The summed E-state index contributed by atoms with van der Waals surface area (Å²) in [7, 11) is -4.14. The van der Waals surface area contributed by atoms with Gasteiger partial charge in [0.1, 0.15) is 24.0 Å². The Labute approximate surface area is 232 Å². The minimum absolute atomic E-state index is 0.0740. The third-order valence-electron chi connectivity index (χ3n) is 5.79. The number of hydrogen-bond acceptors (Lipinski definition) is 10. The van der Waals surface area contributed by atoms with Crippen LogP contribution in [0.25, 0.3) is 21.9 Å². The van der Waals surface area contributed by atoms with Gasteiger partial charge in [-0.05, 0) is 46.8 Å². The van der Waals surface area contributed by atoms with Crippen LogP contribution in [-0.4, -0.2) is 50.3 Å². The van der Waals surface area contributed by atoms with Gasteiger partial charge in [-0.25, -0.2) is 19.5 Å². The monoisotopic (exact) mass is 570 g/mol. The minimum Gasteiger partial charge on any atom is -0.462 e. The summed E-state index contributed by atoms with van der Waals surface area (Å²) in [4.78, 5) is 25.8. The van der Waals surface area contributed by atoms with Crippen molar-refractivity contribution in [2.45, 2.75) is 66.0 Å². The molecule has 1 aromatic carbocycles. The van der Waals surface area contributed by atoms with Gasteiger partial charge >= 0.3 is 13.7 Å². The number of carbonyl (C=O) groups is 1. The predicted octanol–water partition coefficient (Wildman–Crippen LogP) is 4.62. The number of anilines is 1. The van der Waals surface area contributed by atoms with Gasteiger partial charge in [0.15, 0.2) is 5.82 Å². The fraction of sp³-hybridized carbons (Fsp3) is 0.407. The molecule has 0 saturated heterocycles. The number of nitrogens with zero attached hydrogens (tertiary/aromatic N) is 4. The van der Waals surface area contributed by atoms with Crippen molar-refractivity contribution in [2.75, 3.05) is 12.3 Å². The first-order chi connectivity index (χ1) is 19.1. The predicted molar refractivity (Wildman–Crippen MR) is 152 cm³/mol. The van der Waals surface area contributed by atoms with Gasteiger partial charge in [-0.15, -0.1) is 0 Å². The van der Waals surface area contributed by atoms with Crippen molar-refractivity contribution in [1.29, 1.82) is 0 Å². The maximum absolute atomic E-state index is 14.0. The van der Waals surface area contributed by atoms with E-state index in [-0.39, 0.29) is 25.1 Å². The largest absolute Gasteiger partial charge is 0.462 e. The third-order valence-corrected chi connectivity index (χ3v) is 7.56. The van der Waals surface area contributed by atoms with Crippen LogP contribution in [-0.2, 0) is 36.5 Å². The smallest absolute Gasteiger partial charge is 0.461 e. The highest BCUT2D eigenvalue weighted by Gasteiger charge is 2.35. The molecule has 0 aliphatic rings. The number of carbonyl (C=O) groups excluding carboxylic acids is 1. The lowest BCUT2D eigenvalue weighted by molar-refractivity contribution is -0.149. The Hall–Kier alpha value is -3.57. The standard InChI is InChI=1S/C27H35N6O6P/c1-6-36-16-22-31-24-25(20-11-7-8-12-21(20)30-26(24)28)33(22)15-18(4)38-40(35,39-23-13-9-10-14-29-23)32-19(5)27(34)37-17(2)3/h7-14,17-19H,6,15-16H2,1-5H3,(H2,28,30)(H,32,35)/t18-,19-,40-/m0/s1. The molecule has 0 saturated carbocycles. The molecular formula is C27H35N6O6P. The zero-order valence-corrected chi connectivity index (χ0v) is 24.1. The second-order valence-corrected chi connectivity index (χ2v) is 11.1. The van der Waals surface area contributed by atoms with E-state index in [4.69, 9.17) is 29.2 Å². The maximum Gasteiger partial charge on any atom is 0.461 e. The lowest BCUT2D eigenvalue weighted by atomic mass is 10.2. The van der Waals surface area contributed by atoms with E-state index < -0.39 is 25.9 Å². The van der Waals surface area contributed by atoms with E-state index in [1.165, 1.54) is 13.1 Å². The minimum atomic E-state index is -4.14. The van der Waals surface area contributed by atoms with E-state index in [1.807, 2.05) is 35.8 Å². The Balaban J connectivity index is 1.68. The van der Waals surface area contributed by atoms with Crippen molar-refractivity contribution in [3.8, 4) is 5.88 Å². The Morgan fingerprint density at radius 2 is 1.85 bits per heavy atom. The van der Waals surface area contributed by atoms with Crippen molar-refractivity contribution in [2.24, 2.45) is 0 Å². The topological polar surface area (TPSA) is 153 Å². The van der Waals surface area contributed by atoms with Crippen LogP contribution in [0.3, 0.4) is 0 Å². The van der Waals surface area contributed by atoms with Crippen molar-refractivity contribution >= 4 is 41.5 Å². The van der Waals surface area contributed by atoms with Crippen molar-refractivity contribution in [1.82, 2.24) is 24.6 Å². The highest BCUT2D eigenvalue weighted by Crippen LogP contribution is 2.46. The highest BCUT2D eigenvalue weighted by molar-refractivity contribution is 7.52. The second kappa shape index (κ2) is 12.7. The van der Waals surface area contributed by atoms with E-state index in [0.29, 0.717) is 29.3 Å². The molecule has 3 aromatic heterocycles. The fourth-order valence-electron chi connectivity index (χ4n) is 4.16. The number of para-hydroxylation sites is 1. The molecule has 4 aromatic rings. The quantitative estimate of drug-likeness (QED) is 0.171. The molecular weight excluding hydrogens is 535 g/mol. The first-order valence-corrected chi connectivity index (χ1v) is 14.6. The number of fused-ring (bicyclic) bond motifs is 3. The number of esters is 1. The molecule has 0 amide bonds. The number of rotatable bonds is 13. The molecule has 0 spiro atoms. The number of imidazole rings is 1. The van der Waals surface area contributed by atoms with E-state index in [0.717, 1.165) is 10.9 Å². The van der Waals surface area contributed by atoms with E-state index in [2.05, 4.69) is 15.1 Å². The van der Waals surface area contributed by atoms with Crippen molar-refractivity contribution in [3.63, 3.8) is 0 Å². The van der Waals surface area contributed by atoms with Crippen LogP contribution in [0.1, 0.15) is 40.4 Å². The Morgan fingerprint density at radius 3 is 2.55 bits per heavy atom. The van der Waals surface area contributed by atoms with Crippen LogP contribution < -0.4 is 15.3 Å². The summed E-state index contributed by atoms with van der Waals surface area (Å²) in [6.07, 6.45) is 0.463. The van der Waals surface area contributed by atoms with Crippen LogP contribution in [0.4, 0.5) is 5.82 Å². The molecule has 13 heteroatoms. The van der Waals surface area contributed by atoms with Gasteiger partial charge < -0.3 is 24.3 Å². The maximum atomic E-state index is 14.0. The molecule has 0 aliphatic heterocycles. The molecule has 12 nitrogen and oxygen atoms in total. The van der Waals surface area contributed by atoms with Crippen LogP contribution >= 0.6 is 7.75 Å². The van der Waals surface area contributed by atoms with Crippen molar-refractivity contribution in [3.05, 3.63) is 54.5 Å². The van der Waals surface area contributed by atoms with Crippen LogP contribution in [0.5, 0.6) is 5.88 Å². The number of benzene rings is 1. The molecule has 0 fully saturated rings. The number of aromatic nitrogens is 4. The number of nitrogen functional groups attached to an aromatic ring is 1. The van der Waals surface area contributed by atoms with E-state index in [1.54, 1.807) is 39.0 Å². The van der Waals surface area contributed by atoms with Gasteiger partial charge in [-0.1, -0.05) is 24.3 Å². The van der Waals surface area contributed by atoms with Gasteiger partial charge in [0, 0.05) is 24.3 Å². The van der Waals surface area contributed by atoms with E-state index >= 15 is 0 Å². The second-order valence-electron chi connectivity index (χ2n) is 9.50. The molecule has 0 radical (unpaired) electrons. The summed E-state index contributed by atoms with van der Waals surface area (Å²) in [5.41, 5.74) is 8.30. The molecule has 3 heterocycles. The van der Waals surface area contributed by atoms with Gasteiger partial charge in [-0.2, -0.15) is 5.09 Å². The summed E-state index contributed by atoms with van der Waals surface area (Å²) >= 11 is 0. The lowest BCUT2D eigenvalue weighted by Crippen LogP contribution is -2.37. The molecule has 0 aliphatic carbocycles. The van der Waals surface area contributed by atoms with Gasteiger partial charge in [0.25, 0.3) is 0 Å². The van der Waals surface area contributed by atoms with E-state index in [9.17, 15) is 9.36 Å². The van der Waals surface area contributed by atoms with Gasteiger partial charge in [0.2, 0.25) is 5.88 Å². The Morgan fingerprint density at radius 1 is 1.10 bits per heavy atom. The summed E-state index contributed by atoms with van der Waals surface area (Å²) in [5, 5.41) is 3.55. The molecule has 214 valence electrons. The lowest BCUT2D eigenvalue weighted by Gasteiger charge is -2.26. The molecule has 0 bridgehead atoms. The summed E-state index contributed by atoms with van der Waals surface area (Å²) in [6, 6.07) is 11.6. The van der Waals surface area contributed by atoms with Crippen LogP contribution in [0.2, 0.25) is 0 Å². The van der Waals surface area contributed by atoms with Gasteiger partial charge in [-0.3, -0.25) is 9.32 Å². The summed E-state index contributed by atoms with van der Waals surface area (Å²) in [6.45, 7) is 9.56. The molecule has 3 atom stereocenters. The normalized spacial score (nSPS) is 14.8. The molecule has 40 heavy (non-hydrogen) atoms. The van der Waals surface area contributed by atoms with Gasteiger partial charge in [0.05, 0.1) is 29.8 Å². The number of nitrogens with one attached hydrogen (secondary N) is 1. The number of hydrogen-bond donors (Lipinski definition) is 2. The average molecular weight is 571 g/mol. The summed E-state index contributed by atoms with van der Waals surface area (Å²) in [5.74, 6) is 0.386.